The summed E-state index contributed by atoms with van der Waals surface area (Å²) < 4.78 is 7.34. The molecule has 0 radical (unpaired) electrons. The third-order valence-corrected chi connectivity index (χ3v) is 9.54. The number of aromatic nitrogens is 2. The molecule has 0 saturated carbocycles. The molecule has 0 aliphatic heterocycles. The zero-order chi connectivity index (χ0) is 28.6. The lowest BCUT2D eigenvalue weighted by molar-refractivity contribution is 1.28. The van der Waals surface area contributed by atoms with E-state index in [0.717, 1.165) is 39.0 Å². The van der Waals surface area contributed by atoms with Crippen molar-refractivity contribution in [2.45, 2.75) is 0 Å². The first-order valence-corrected chi connectivity index (χ1v) is 15.8. The molecule has 2 heterocycles. The number of hydrogen-bond donors (Lipinski definition) is 0. The molecular weight excluding hydrogens is 563 g/mol. The molecule has 0 amide bonds. The van der Waals surface area contributed by atoms with Gasteiger partial charge in [0.1, 0.15) is 5.01 Å². The van der Waals surface area contributed by atoms with Gasteiger partial charge < -0.3 is 4.90 Å². The van der Waals surface area contributed by atoms with Crippen molar-refractivity contribution in [3.63, 3.8) is 0 Å². The quantitative estimate of drug-likeness (QED) is 0.194. The molecule has 204 valence electrons. The third-order valence-electron chi connectivity index (χ3n) is 7.64. The fourth-order valence-electron chi connectivity index (χ4n) is 5.58. The smallest absolute Gasteiger partial charge is 0.173 e. The van der Waals surface area contributed by atoms with Crippen molar-refractivity contribution >= 4 is 60.1 Å². The van der Waals surface area contributed by atoms with Gasteiger partial charge in [-0.3, -0.25) is 0 Å². The molecule has 0 unspecified atom stereocenters. The summed E-state index contributed by atoms with van der Waals surface area (Å²) in [4.78, 5) is 7.30. The molecule has 0 N–H and O–H groups in total. The van der Waals surface area contributed by atoms with Crippen LogP contribution < -0.4 is 4.90 Å². The third kappa shape index (κ3) is 4.89. The molecular formula is C38H25N3S2. The first kappa shape index (κ1) is 25.6. The fraction of sp³-hybridized carbons (Fsp3) is 0. The van der Waals surface area contributed by atoms with Gasteiger partial charge in [-0.05, 0) is 71.2 Å². The summed E-state index contributed by atoms with van der Waals surface area (Å²) in [6.45, 7) is 0. The van der Waals surface area contributed by atoms with E-state index in [9.17, 15) is 0 Å². The minimum Gasteiger partial charge on any atom is -0.310 e. The Bertz CT molecular complexity index is 2200. The lowest BCUT2D eigenvalue weighted by atomic mass is 10.0. The Morgan fingerprint density at radius 2 is 1.07 bits per heavy atom. The van der Waals surface area contributed by atoms with Gasteiger partial charge in [0.2, 0.25) is 0 Å². The topological polar surface area (TPSA) is 29.0 Å². The second-order valence-electron chi connectivity index (χ2n) is 10.4. The predicted molar refractivity (Wildman–Crippen MR) is 184 cm³/mol. The molecule has 0 bridgehead atoms. The summed E-state index contributed by atoms with van der Waals surface area (Å²) in [7, 11) is 0. The van der Waals surface area contributed by atoms with Crippen LogP contribution in [0.1, 0.15) is 0 Å². The maximum Gasteiger partial charge on any atom is 0.173 e. The number of thiophene rings is 1. The Balaban J connectivity index is 1.17. The fourth-order valence-corrected chi connectivity index (χ4v) is 7.40. The number of rotatable bonds is 6. The molecule has 0 aliphatic rings. The van der Waals surface area contributed by atoms with E-state index in [-0.39, 0.29) is 0 Å². The minimum absolute atomic E-state index is 0.764. The largest absolute Gasteiger partial charge is 0.310 e. The zero-order valence-electron chi connectivity index (χ0n) is 23.1. The highest BCUT2D eigenvalue weighted by Crippen LogP contribution is 2.39. The Kier molecular flexibility index (Phi) is 6.52. The van der Waals surface area contributed by atoms with E-state index in [0.29, 0.717) is 0 Å². The normalized spacial score (nSPS) is 11.3. The van der Waals surface area contributed by atoms with E-state index >= 15 is 0 Å². The second kappa shape index (κ2) is 11.0. The SMILES string of the molecule is c1ccc(-c2cccc(N(c3ccccc3)c3cccc(-c4nc(-c5ccc6c(c5)sc5ccccc56)ns4)c3)c2)cc1. The molecule has 2 aromatic heterocycles. The van der Waals surface area contributed by atoms with Crippen molar-refractivity contribution < 1.29 is 0 Å². The number of fused-ring (bicyclic) bond motifs is 3. The first-order chi connectivity index (χ1) is 21.3. The minimum atomic E-state index is 0.764. The average Bonchev–Trinajstić information content (AvgIpc) is 3.72. The first-order valence-electron chi connectivity index (χ1n) is 14.2. The van der Waals surface area contributed by atoms with Crippen molar-refractivity contribution in [1.82, 2.24) is 9.36 Å². The van der Waals surface area contributed by atoms with Gasteiger partial charge in [0, 0.05) is 48.4 Å². The monoisotopic (exact) mass is 587 g/mol. The van der Waals surface area contributed by atoms with E-state index in [2.05, 4.69) is 157 Å². The molecule has 8 aromatic rings. The number of benzene rings is 6. The van der Waals surface area contributed by atoms with Crippen LogP contribution >= 0.6 is 22.9 Å². The van der Waals surface area contributed by atoms with E-state index in [1.165, 1.54) is 42.8 Å². The van der Waals surface area contributed by atoms with E-state index in [1.807, 2.05) is 11.3 Å². The van der Waals surface area contributed by atoms with Gasteiger partial charge in [-0.1, -0.05) is 103 Å². The second-order valence-corrected chi connectivity index (χ2v) is 12.2. The summed E-state index contributed by atoms with van der Waals surface area (Å²) in [6.07, 6.45) is 0. The molecule has 5 heteroatoms. The zero-order valence-corrected chi connectivity index (χ0v) is 24.7. The molecule has 8 rings (SSSR count). The van der Waals surface area contributed by atoms with Gasteiger partial charge in [0.15, 0.2) is 5.82 Å². The van der Waals surface area contributed by atoms with Gasteiger partial charge in [0.05, 0.1) is 0 Å². The molecule has 0 saturated heterocycles. The van der Waals surface area contributed by atoms with E-state index in [4.69, 9.17) is 9.36 Å². The molecule has 0 atom stereocenters. The Morgan fingerprint density at radius 1 is 0.442 bits per heavy atom. The predicted octanol–water partition coefficient (Wildman–Crippen LogP) is 11.4. The molecule has 43 heavy (non-hydrogen) atoms. The summed E-state index contributed by atoms with van der Waals surface area (Å²) in [5.74, 6) is 0.764. The summed E-state index contributed by atoms with van der Waals surface area (Å²) >= 11 is 3.26. The van der Waals surface area contributed by atoms with Crippen LogP contribution in [0.25, 0.3) is 53.3 Å². The highest BCUT2D eigenvalue weighted by atomic mass is 32.1. The summed E-state index contributed by atoms with van der Waals surface area (Å²) in [6, 6.07) is 53.5. The van der Waals surface area contributed by atoms with Crippen LogP contribution in [0.3, 0.4) is 0 Å². The van der Waals surface area contributed by atoms with Crippen LogP contribution in [0, 0.1) is 0 Å². The van der Waals surface area contributed by atoms with Crippen LogP contribution in [0.4, 0.5) is 17.1 Å². The Morgan fingerprint density at radius 3 is 1.88 bits per heavy atom. The van der Waals surface area contributed by atoms with Gasteiger partial charge in [-0.15, -0.1) is 11.3 Å². The molecule has 0 spiro atoms. The maximum absolute atomic E-state index is 5.00. The van der Waals surface area contributed by atoms with Gasteiger partial charge in [0.25, 0.3) is 0 Å². The van der Waals surface area contributed by atoms with Crippen molar-refractivity contribution in [3.8, 4) is 33.1 Å². The standard InChI is InChI=1S/C38H25N3S2/c1-3-11-26(12-4-1)27-13-9-17-31(23-27)41(30-15-5-2-6-16-30)32-18-10-14-29(24-32)38-39-37(40-43-38)28-21-22-34-33-19-7-8-20-35(33)42-36(34)25-28/h1-25H. The van der Waals surface area contributed by atoms with Crippen LogP contribution in [-0.4, -0.2) is 9.36 Å². The van der Waals surface area contributed by atoms with Gasteiger partial charge in [-0.25, -0.2) is 4.98 Å². The van der Waals surface area contributed by atoms with Crippen molar-refractivity contribution in [3.05, 3.63) is 152 Å². The lowest BCUT2D eigenvalue weighted by Crippen LogP contribution is -2.10. The molecule has 0 fully saturated rings. The van der Waals surface area contributed by atoms with Crippen molar-refractivity contribution in [2.75, 3.05) is 4.90 Å². The number of nitrogens with zero attached hydrogens (tertiary/aromatic N) is 3. The average molecular weight is 588 g/mol. The summed E-state index contributed by atoms with van der Waals surface area (Å²) in [5, 5.41) is 3.49. The number of anilines is 3. The maximum atomic E-state index is 5.00. The van der Waals surface area contributed by atoms with Crippen LogP contribution in [-0.2, 0) is 0 Å². The van der Waals surface area contributed by atoms with Crippen LogP contribution in [0.5, 0.6) is 0 Å². The lowest BCUT2D eigenvalue weighted by Gasteiger charge is -2.26. The molecule has 0 aliphatic carbocycles. The van der Waals surface area contributed by atoms with Gasteiger partial charge >= 0.3 is 0 Å². The number of para-hydroxylation sites is 1. The highest BCUT2D eigenvalue weighted by Gasteiger charge is 2.16. The van der Waals surface area contributed by atoms with E-state index in [1.54, 1.807) is 0 Å². The molecule has 6 aromatic carbocycles. The van der Waals surface area contributed by atoms with Crippen LogP contribution in [0.2, 0.25) is 0 Å². The molecule has 3 nitrogen and oxygen atoms in total. The van der Waals surface area contributed by atoms with E-state index < -0.39 is 0 Å². The number of hydrogen-bond acceptors (Lipinski definition) is 5. The van der Waals surface area contributed by atoms with Crippen LogP contribution in [0.15, 0.2) is 152 Å². The Labute approximate surface area is 258 Å². The Hall–Kier alpha value is -5.10. The van der Waals surface area contributed by atoms with Crippen molar-refractivity contribution in [1.29, 1.82) is 0 Å². The van der Waals surface area contributed by atoms with Crippen molar-refractivity contribution in [2.24, 2.45) is 0 Å². The summed E-state index contributed by atoms with van der Waals surface area (Å²) in [5.41, 5.74) is 7.72. The highest BCUT2D eigenvalue weighted by molar-refractivity contribution is 7.25. The van der Waals surface area contributed by atoms with Gasteiger partial charge in [-0.2, -0.15) is 4.37 Å².